The molecule has 0 spiro atoms. The number of tetrazole rings is 1. The summed E-state index contributed by atoms with van der Waals surface area (Å²) in [7, 11) is 3.15. The molecule has 2 N–H and O–H groups in total. The highest BCUT2D eigenvalue weighted by Gasteiger charge is 2.34. The second kappa shape index (κ2) is 7.80. The van der Waals surface area contributed by atoms with Gasteiger partial charge < -0.3 is 14.8 Å². The zero-order valence-corrected chi connectivity index (χ0v) is 17.8. The van der Waals surface area contributed by atoms with Crippen LogP contribution in [0.1, 0.15) is 29.7 Å². The molecule has 10 nitrogen and oxygen atoms in total. The number of benzene rings is 2. The summed E-state index contributed by atoms with van der Waals surface area (Å²) in [5, 5.41) is 22.1. The van der Waals surface area contributed by atoms with E-state index in [1.165, 1.54) is 5.56 Å². The van der Waals surface area contributed by atoms with Gasteiger partial charge in [-0.25, -0.2) is 5.10 Å². The number of fused-ring (bicyclic) bond motifs is 2. The molecule has 0 fully saturated rings. The van der Waals surface area contributed by atoms with Crippen LogP contribution in [-0.4, -0.2) is 44.6 Å². The van der Waals surface area contributed by atoms with Crippen LogP contribution in [0, 0.1) is 0 Å². The molecule has 0 amide bonds. The highest BCUT2D eigenvalue weighted by molar-refractivity contribution is 5.76. The minimum absolute atomic E-state index is 0.353. The minimum atomic E-state index is -0.444. The van der Waals surface area contributed by atoms with Crippen LogP contribution in [0.4, 0.5) is 11.6 Å². The molecule has 10 heteroatoms. The fraction of sp³-hybridized carbons (Fsp3) is 0.227. The fourth-order valence-corrected chi connectivity index (χ4v) is 3.98. The Morgan fingerprint density at radius 3 is 2.56 bits per heavy atom. The molecule has 32 heavy (non-hydrogen) atoms. The highest BCUT2D eigenvalue weighted by atomic mass is 16.5. The standard InChI is InChI=1S/C22H21N7O3/c1-4-12-5-7-13(8-6-12)20-17-18(14-9-10-15(31-2)16(11-14)32-3)24-25-21(30)19(17)23-22-26-27-28-29(20)22/h5-11,20H,4H2,1-3H3,(H,25,30)(H,23,26,28)/t20-/m0/s1. The lowest BCUT2D eigenvalue weighted by Gasteiger charge is -2.28. The van der Waals surface area contributed by atoms with Gasteiger partial charge >= 0.3 is 0 Å². The van der Waals surface area contributed by atoms with Crippen molar-refractivity contribution in [1.82, 2.24) is 30.4 Å². The van der Waals surface area contributed by atoms with Gasteiger partial charge in [0, 0.05) is 11.1 Å². The zero-order valence-electron chi connectivity index (χ0n) is 17.8. The molecule has 0 saturated carbocycles. The average molecular weight is 431 g/mol. The van der Waals surface area contributed by atoms with Crippen LogP contribution in [0.2, 0.25) is 0 Å². The lowest BCUT2D eigenvalue weighted by atomic mass is 9.92. The topological polar surface area (TPSA) is 120 Å². The van der Waals surface area contributed by atoms with Crippen molar-refractivity contribution in [1.29, 1.82) is 0 Å². The van der Waals surface area contributed by atoms with Crippen LogP contribution >= 0.6 is 0 Å². The van der Waals surface area contributed by atoms with Crippen molar-refractivity contribution < 1.29 is 9.47 Å². The lowest BCUT2D eigenvalue weighted by Crippen LogP contribution is -2.29. The van der Waals surface area contributed by atoms with Crippen molar-refractivity contribution in [2.45, 2.75) is 19.4 Å². The minimum Gasteiger partial charge on any atom is -0.493 e. The maximum Gasteiger partial charge on any atom is 0.288 e. The number of hydrogen-bond donors (Lipinski definition) is 2. The van der Waals surface area contributed by atoms with Crippen molar-refractivity contribution in [3.05, 3.63) is 69.5 Å². The van der Waals surface area contributed by atoms with E-state index < -0.39 is 6.04 Å². The number of ether oxygens (including phenoxy) is 2. The summed E-state index contributed by atoms with van der Waals surface area (Å²) in [6, 6.07) is 13.3. The third kappa shape index (κ3) is 3.08. The van der Waals surface area contributed by atoms with E-state index in [0.717, 1.165) is 17.5 Å². The molecule has 1 aliphatic heterocycles. The van der Waals surface area contributed by atoms with Crippen LogP contribution in [0.3, 0.4) is 0 Å². The van der Waals surface area contributed by atoms with E-state index in [0.29, 0.717) is 34.4 Å². The molecule has 0 bridgehead atoms. The van der Waals surface area contributed by atoms with E-state index in [9.17, 15) is 4.79 Å². The van der Waals surface area contributed by atoms with E-state index in [1.807, 2.05) is 24.3 Å². The smallest absolute Gasteiger partial charge is 0.288 e. The van der Waals surface area contributed by atoms with Gasteiger partial charge in [0.05, 0.1) is 19.9 Å². The van der Waals surface area contributed by atoms with Crippen molar-refractivity contribution in [2.75, 3.05) is 19.5 Å². The third-order valence-corrected chi connectivity index (χ3v) is 5.63. The van der Waals surface area contributed by atoms with Crippen LogP contribution in [0.25, 0.3) is 11.3 Å². The summed E-state index contributed by atoms with van der Waals surface area (Å²) >= 11 is 0. The first-order valence-corrected chi connectivity index (χ1v) is 10.1. The molecule has 162 valence electrons. The van der Waals surface area contributed by atoms with Crippen molar-refractivity contribution in [3.63, 3.8) is 0 Å². The van der Waals surface area contributed by atoms with Gasteiger partial charge in [-0.2, -0.15) is 9.78 Å². The van der Waals surface area contributed by atoms with E-state index in [4.69, 9.17) is 9.47 Å². The molecular formula is C22H21N7O3. The van der Waals surface area contributed by atoms with Crippen LogP contribution in [0.5, 0.6) is 11.5 Å². The van der Waals surface area contributed by atoms with Crippen molar-refractivity contribution in [3.8, 4) is 22.8 Å². The Balaban J connectivity index is 1.76. The molecular weight excluding hydrogens is 410 g/mol. The molecule has 0 unspecified atom stereocenters. The number of nitrogens with one attached hydrogen (secondary N) is 2. The molecule has 5 rings (SSSR count). The van der Waals surface area contributed by atoms with Gasteiger partial charge in [0.2, 0.25) is 5.95 Å². The third-order valence-electron chi connectivity index (χ3n) is 5.63. The molecule has 3 heterocycles. The molecule has 2 aromatic heterocycles. The zero-order chi connectivity index (χ0) is 22.2. The number of aromatic nitrogens is 6. The van der Waals surface area contributed by atoms with Crippen molar-refractivity contribution in [2.24, 2.45) is 0 Å². The first-order valence-electron chi connectivity index (χ1n) is 10.1. The molecule has 0 radical (unpaired) electrons. The maximum absolute atomic E-state index is 12.8. The van der Waals surface area contributed by atoms with Crippen LogP contribution in [0.15, 0.2) is 47.3 Å². The number of aryl methyl sites for hydroxylation is 1. The van der Waals surface area contributed by atoms with Gasteiger partial charge in [0.25, 0.3) is 5.56 Å². The highest BCUT2D eigenvalue weighted by Crippen LogP contribution is 2.42. The van der Waals surface area contributed by atoms with Gasteiger partial charge in [0.15, 0.2) is 11.5 Å². The fourth-order valence-electron chi connectivity index (χ4n) is 3.98. The number of anilines is 2. The number of aromatic amines is 1. The monoisotopic (exact) mass is 431 g/mol. The Morgan fingerprint density at radius 1 is 1.06 bits per heavy atom. The van der Waals surface area contributed by atoms with E-state index in [1.54, 1.807) is 25.0 Å². The first kappa shape index (κ1) is 19.7. The SMILES string of the molecule is CCc1ccc([C@H]2c3c(-c4ccc(OC)c(OC)c4)n[nH]c(=O)c3Nc3nnnn32)cc1. The second-order valence-electron chi connectivity index (χ2n) is 7.33. The number of H-pyrrole nitrogens is 1. The van der Waals surface area contributed by atoms with E-state index in [2.05, 4.69) is 50.1 Å². The van der Waals surface area contributed by atoms with Crippen LogP contribution in [-0.2, 0) is 6.42 Å². The van der Waals surface area contributed by atoms with E-state index >= 15 is 0 Å². The Labute approximate surface area is 183 Å². The predicted octanol–water partition coefficient (Wildman–Crippen LogP) is 2.70. The van der Waals surface area contributed by atoms with Gasteiger partial charge in [0.1, 0.15) is 11.7 Å². The number of rotatable bonds is 5. The second-order valence-corrected chi connectivity index (χ2v) is 7.33. The van der Waals surface area contributed by atoms with Gasteiger partial charge in [-0.3, -0.25) is 4.79 Å². The Kier molecular flexibility index (Phi) is 4.81. The summed E-state index contributed by atoms with van der Waals surface area (Å²) in [5.41, 5.74) is 4.16. The summed E-state index contributed by atoms with van der Waals surface area (Å²) in [4.78, 5) is 12.8. The predicted molar refractivity (Wildman–Crippen MR) is 118 cm³/mol. The maximum atomic E-state index is 12.8. The summed E-state index contributed by atoms with van der Waals surface area (Å²) in [5.74, 6) is 1.54. The molecule has 2 aromatic carbocycles. The Hall–Kier alpha value is -4.21. The Morgan fingerprint density at radius 2 is 1.84 bits per heavy atom. The van der Waals surface area contributed by atoms with Crippen LogP contribution < -0.4 is 20.3 Å². The molecule has 0 aliphatic carbocycles. The molecule has 4 aromatic rings. The lowest BCUT2D eigenvalue weighted by molar-refractivity contribution is 0.355. The number of methoxy groups -OCH3 is 2. The molecule has 1 aliphatic rings. The van der Waals surface area contributed by atoms with Gasteiger partial charge in [-0.15, -0.1) is 0 Å². The number of hydrogen-bond acceptors (Lipinski definition) is 8. The van der Waals surface area contributed by atoms with Gasteiger partial charge in [-0.05, 0) is 46.2 Å². The Bertz CT molecular complexity index is 1340. The van der Waals surface area contributed by atoms with Gasteiger partial charge in [-0.1, -0.05) is 36.3 Å². The largest absolute Gasteiger partial charge is 0.493 e. The normalized spacial score (nSPS) is 14.3. The summed E-state index contributed by atoms with van der Waals surface area (Å²) < 4.78 is 12.5. The average Bonchev–Trinajstić information content (AvgIpc) is 3.31. The van der Waals surface area contributed by atoms with E-state index in [-0.39, 0.29) is 5.56 Å². The van der Waals surface area contributed by atoms with Crippen molar-refractivity contribution >= 4 is 11.6 Å². The summed E-state index contributed by atoms with van der Waals surface area (Å²) in [6.45, 7) is 2.10. The summed E-state index contributed by atoms with van der Waals surface area (Å²) in [6.07, 6.45) is 0.928. The molecule has 0 saturated heterocycles. The number of nitrogens with zero attached hydrogens (tertiary/aromatic N) is 5. The molecule has 1 atom stereocenters. The quantitative estimate of drug-likeness (QED) is 0.436. The first-order chi connectivity index (χ1) is 15.6.